The van der Waals surface area contributed by atoms with Gasteiger partial charge in [0.15, 0.2) is 0 Å². The largest absolute Gasteiger partial charge is 0.359 e. The lowest BCUT2D eigenvalue weighted by molar-refractivity contribution is -0.122. The number of rotatable bonds is 8. The third-order valence-corrected chi connectivity index (χ3v) is 2.80. The van der Waals surface area contributed by atoms with Crippen molar-refractivity contribution in [1.29, 1.82) is 0 Å². The van der Waals surface area contributed by atoms with Gasteiger partial charge in [-0.05, 0) is 24.8 Å². The average molecular weight is 243 g/mol. The summed E-state index contributed by atoms with van der Waals surface area (Å²) in [5.41, 5.74) is 5.61. The van der Waals surface area contributed by atoms with E-state index in [0.717, 1.165) is 12.8 Å². The summed E-state index contributed by atoms with van der Waals surface area (Å²) >= 11 is 0. The Hall–Kier alpha value is -1.10. The quantitative estimate of drug-likeness (QED) is 0.576. The van der Waals surface area contributed by atoms with Gasteiger partial charge in [0.2, 0.25) is 11.8 Å². The second kappa shape index (κ2) is 8.06. The Balaban J connectivity index is 3.69. The zero-order chi connectivity index (χ0) is 13.3. The van der Waals surface area contributed by atoms with E-state index in [9.17, 15) is 9.59 Å². The maximum Gasteiger partial charge on any atom is 0.221 e. The summed E-state index contributed by atoms with van der Waals surface area (Å²) in [4.78, 5) is 22.4. The first kappa shape index (κ1) is 15.9. The molecule has 2 amide bonds. The highest BCUT2D eigenvalue weighted by molar-refractivity contribution is 5.78. The van der Waals surface area contributed by atoms with Crippen molar-refractivity contribution in [2.45, 2.75) is 39.5 Å². The summed E-state index contributed by atoms with van der Waals surface area (Å²) in [5.74, 6) is -0.0623. The van der Waals surface area contributed by atoms with Crippen LogP contribution in [0.2, 0.25) is 0 Å². The fourth-order valence-corrected chi connectivity index (χ4v) is 1.50. The first-order valence-electron chi connectivity index (χ1n) is 6.08. The van der Waals surface area contributed by atoms with Gasteiger partial charge in [-0.25, -0.2) is 0 Å². The molecular formula is C12H25N3O2. The average Bonchev–Trinajstić information content (AvgIpc) is 2.26. The van der Waals surface area contributed by atoms with E-state index < -0.39 is 0 Å². The molecule has 0 aromatic rings. The molecule has 0 fully saturated rings. The van der Waals surface area contributed by atoms with Crippen molar-refractivity contribution in [3.05, 3.63) is 0 Å². The van der Waals surface area contributed by atoms with Crippen molar-refractivity contribution < 1.29 is 9.59 Å². The lowest BCUT2D eigenvalue weighted by Gasteiger charge is -2.23. The molecule has 5 heteroatoms. The molecule has 0 aromatic carbocycles. The maximum absolute atomic E-state index is 11.5. The van der Waals surface area contributed by atoms with Crippen LogP contribution in [0.3, 0.4) is 0 Å². The van der Waals surface area contributed by atoms with Crippen LogP contribution in [-0.4, -0.2) is 32.0 Å². The zero-order valence-electron chi connectivity index (χ0n) is 11.1. The summed E-state index contributed by atoms with van der Waals surface area (Å²) in [7, 11) is 1.58. The van der Waals surface area contributed by atoms with E-state index >= 15 is 0 Å². The lowest BCUT2D eigenvalue weighted by Crippen LogP contribution is -2.30. The minimum Gasteiger partial charge on any atom is -0.359 e. The van der Waals surface area contributed by atoms with E-state index in [0.29, 0.717) is 25.9 Å². The minimum absolute atomic E-state index is 0.000926. The second-order valence-corrected chi connectivity index (χ2v) is 4.98. The molecule has 0 rings (SSSR count). The Labute approximate surface area is 104 Å². The molecule has 0 heterocycles. The molecule has 0 spiro atoms. The predicted octanol–water partition coefficient (Wildman–Crippen LogP) is 0.394. The number of amides is 2. The molecule has 0 atom stereocenters. The SMILES string of the molecule is CNC(=O)CCNC(=O)CCC(C)(C)CCN. The highest BCUT2D eigenvalue weighted by atomic mass is 16.2. The van der Waals surface area contributed by atoms with Crippen molar-refractivity contribution in [2.24, 2.45) is 11.1 Å². The molecule has 0 saturated heterocycles. The van der Waals surface area contributed by atoms with Gasteiger partial charge in [-0.2, -0.15) is 0 Å². The van der Waals surface area contributed by atoms with Crippen LogP contribution in [0.4, 0.5) is 0 Å². The summed E-state index contributed by atoms with van der Waals surface area (Å²) in [6.07, 6.45) is 2.55. The number of carbonyl (C=O) groups is 2. The first-order chi connectivity index (χ1) is 7.91. The van der Waals surface area contributed by atoms with Gasteiger partial charge in [-0.15, -0.1) is 0 Å². The van der Waals surface area contributed by atoms with E-state index in [2.05, 4.69) is 24.5 Å². The Morgan fingerprint density at radius 1 is 1.12 bits per heavy atom. The van der Waals surface area contributed by atoms with E-state index in [-0.39, 0.29) is 17.2 Å². The van der Waals surface area contributed by atoms with Crippen LogP contribution >= 0.6 is 0 Å². The molecule has 100 valence electrons. The summed E-state index contributed by atoms with van der Waals surface area (Å²) in [5, 5.41) is 5.24. The van der Waals surface area contributed by atoms with Crippen molar-refractivity contribution in [3.8, 4) is 0 Å². The Bertz CT molecular complexity index is 252. The number of hydrogen-bond acceptors (Lipinski definition) is 3. The zero-order valence-corrected chi connectivity index (χ0v) is 11.1. The van der Waals surface area contributed by atoms with Gasteiger partial charge >= 0.3 is 0 Å². The van der Waals surface area contributed by atoms with E-state index in [4.69, 9.17) is 5.73 Å². The normalized spacial score (nSPS) is 11.1. The topological polar surface area (TPSA) is 84.2 Å². The smallest absolute Gasteiger partial charge is 0.221 e. The third-order valence-electron chi connectivity index (χ3n) is 2.80. The van der Waals surface area contributed by atoms with Gasteiger partial charge < -0.3 is 16.4 Å². The predicted molar refractivity (Wildman–Crippen MR) is 68.4 cm³/mol. The molecular weight excluding hydrogens is 218 g/mol. The molecule has 0 aromatic heterocycles. The highest BCUT2D eigenvalue weighted by Gasteiger charge is 2.18. The van der Waals surface area contributed by atoms with E-state index in [1.165, 1.54) is 0 Å². The van der Waals surface area contributed by atoms with Crippen molar-refractivity contribution in [2.75, 3.05) is 20.1 Å². The summed E-state index contributed by atoms with van der Waals surface area (Å²) in [6, 6.07) is 0. The number of nitrogens with two attached hydrogens (primary N) is 1. The monoisotopic (exact) mass is 243 g/mol. The van der Waals surface area contributed by atoms with Gasteiger partial charge in [0.25, 0.3) is 0 Å². The summed E-state index contributed by atoms with van der Waals surface area (Å²) in [6.45, 7) is 5.26. The van der Waals surface area contributed by atoms with Crippen LogP contribution in [0.15, 0.2) is 0 Å². The number of carbonyl (C=O) groups excluding carboxylic acids is 2. The molecule has 5 nitrogen and oxygen atoms in total. The van der Waals surface area contributed by atoms with Crippen LogP contribution in [0, 0.1) is 5.41 Å². The molecule has 0 bridgehead atoms. The lowest BCUT2D eigenvalue weighted by atomic mass is 9.84. The summed E-state index contributed by atoms with van der Waals surface area (Å²) < 4.78 is 0. The van der Waals surface area contributed by atoms with Crippen LogP contribution < -0.4 is 16.4 Å². The van der Waals surface area contributed by atoms with Crippen LogP contribution in [-0.2, 0) is 9.59 Å². The first-order valence-corrected chi connectivity index (χ1v) is 6.08. The minimum atomic E-state index is -0.0613. The fourth-order valence-electron chi connectivity index (χ4n) is 1.50. The van der Waals surface area contributed by atoms with Gasteiger partial charge in [-0.3, -0.25) is 9.59 Å². The fraction of sp³-hybridized carbons (Fsp3) is 0.833. The van der Waals surface area contributed by atoms with Crippen LogP contribution in [0.1, 0.15) is 39.5 Å². The standard InChI is InChI=1S/C12H25N3O2/c1-12(2,7-8-13)6-4-11(17)15-9-5-10(16)14-3/h4-9,13H2,1-3H3,(H,14,16)(H,15,17). The maximum atomic E-state index is 11.5. The van der Waals surface area contributed by atoms with Crippen LogP contribution in [0.25, 0.3) is 0 Å². The van der Waals surface area contributed by atoms with Gasteiger partial charge in [-0.1, -0.05) is 13.8 Å². The van der Waals surface area contributed by atoms with Gasteiger partial charge in [0.1, 0.15) is 0 Å². The Morgan fingerprint density at radius 3 is 2.29 bits per heavy atom. The molecule has 0 aliphatic rings. The van der Waals surface area contributed by atoms with E-state index in [1.807, 2.05) is 0 Å². The van der Waals surface area contributed by atoms with Crippen molar-refractivity contribution in [1.82, 2.24) is 10.6 Å². The van der Waals surface area contributed by atoms with Gasteiger partial charge in [0.05, 0.1) is 0 Å². The van der Waals surface area contributed by atoms with Gasteiger partial charge in [0, 0.05) is 26.4 Å². The Kier molecular flexibility index (Phi) is 7.54. The molecule has 0 aliphatic heterocycles. The highest BCUT2D eigenvalue weighted by Crippen LogP contribution is 2.25. The number of nitrogens with one attached hydrogen (secondary N) is 2. The number of hydrogen-bond donors (Lipinski definition) is 3. The van der Waals surface area contributed by atoms with Crippen LogP contribution in [0.5, 0.6) is 0 Å². The molecule has 0 unspecified atom stereocenters. The van der Waals surface area contributed by atoms with Crippen molar-refractivity contribution >= 4 is 11.8 Å². The molecule has 0 radical (unpaired) electrons. The molecule has 17 heavy (non-hydrogen) atoms. The van der Waals surface area contributed by atoms with Crippen molar-refractivity contribution in [3.63, 3.8) is 0 Å². The molecule has 4 N–H and O–H groups in total. The molecule has 0 saturated carbocycles. The second-order valence-electron chi connectivity index (χ2n) is 4.98. The third kappa shape index (κ3) is 8.68. The molecule has 0 aliphatic carbocycles. The van der Waals surface area contributed by atoms with E-state index in [1.54, 1.807) is 7.05 Å². The Morgan fingerprint density at radius 2 is 1.76 bits per heavy atom.